The van der Waals surface area contributed by atoms with E-state index in [-0.39, 0.29) is 6.04 Å². The van der Waals surface area contributed by atoms with Crippen LogP contribution in [0.4, 0.5) is 5.69 Å². The van der Waals surface area contributed by atoms with E-state index in [1.807, 2.05) is 6.07 Å². The van der Waals surface area contributed by atoms with Crippen LogP contribution in [-0.4, -0.2) is 34.7 Å². The normalized spacial score (nSPS) is 15.6. The predicted octanol–water partition coefficient (Wildman–Crippen LogP) is 1.19. The highest BCUT2D eigenvalue weighted by Crippen LogP contribution is 2.25. The molecule has 1 aromatic rings. The van der Waals surface area contributed by atoms with E-state index in [0.717, 1.165) is 12.8 Å². The van der Waals surface area contributed by atoms with Gasteiger partial charge in [-0.15, -0.1) is 0 Å². The molecule has 0 saturated heterocycles. The molecule has 1 saturated carbocycles. The first-order valence-electron chi connectivity index (χ1n) is 5.97. The summed E-state index contributed by atoms with van der Waals surface area (Å²) in [6.45, 7) is 1.11. The summed E-state index contributed by atoms with van der Waals surface area (Å²) in [5, 5.41) is 3.07. The number of para-hydroxylation sites is 1. The van der Waals surface area contributed by atoms with Crippen LogP contribution in [0.2, 0.25) is 0 Å². The highest BCUT2D eigenvalue weighted by atomic mass is 32.2. The van der Waals surface area contributed by atoms with Crippen LogP contribution >= 0.6 is 0 Å². The first-order valence-corrected chi connectivity index (χ1v) is 7.46. The van der Waals surface area contributed by atoms with E-state index in [0.29, 0.717) is 23.7 Å². The van der Waals surface area contributed by atoms with Crippen molar-refractivity contribution in [2.45, 2.75) is 23.8 Å². The maximum absolute atomic E-state index is 12.2. The van der Waals surface area contributed by atoms with E-state index >= 15 is 0 Å². The van der Waals surface area contributed by atoms with Gasteiger partial charge in [-0.2, -0.15) is 0 Å². The number of ether oxygens (including phenoxy) is 1. The Morgan fingerprint density at radius 1 is 1.33 bits per heavy atom. The van der Waals surface area contributed by atoms with E-state index in [2.05, 4.69) is 10.0 Å². The van der Waals surface area contributed by atoms with E-state index < -0.39 is 10.0 Å². The zero-order valence-corrected chi connectivity index (χ0v) is 11.2. The lowest BCUT2D eigenvalue weighted by Crippen LogP contribution is -2.26. The summed E-state index contributed by atoms with van der Waals surface area (Å²) in [7, 11) is -1.81. The molecule has 0 atom stereocenters. The molecule has 2 rings (SSSR count). The Labute approximate surface area is 108 Å². The molecular weight excluding hydrogens is 252 g/mol. The van der Waals surface area contributed by atoms with Gasteiger partial charge in [-0.3, -0.25) is 0 Å². The minimum atomic E-state index is -3.42. The third kappa shape index (κ3) is 3.44. The molecule has 1 aliphatic rings. The van der Waals surface area contributed by atoms with Gasteiger partial charge in [0.05, 0.1) is 12.3 Å². The van der Waals surface area contributed by atoms with Crippen molar-refractivity contribution in [1.29, 1.82) is 0 Å². The largest absolute Gasteiger partial charge is 0.383 e. The Morgan fingerprint density at radius 2 is 2.06 bits per heavy atom. The van der Waals surface area contributed by atoms with E-state index in [1.165, 1.54) is 0 Å². The van der Waals surface area contributed by atoms with Gasteiger partial charge in [-0.1, -0.05) is 12.1 Å². The standard InChI is InChI=1S/C12H18N2O3S/c1-17-9-8-13-11-4-2-3-5-12(11)18(15,16)14-10-6-7-10/h2-5,10,13-14H,6-9H2,1H3. The monoisotopic (exact) mass is 270 g/mol. The van der Waals surface area contributed by atoms with Crippen LogP contribution in [0.25, 0.3) is 0 Å². The number of sulfonamides is 1. The molecule has 0 amide bonds. The van der Waals surface area contributed by atoms with Gasteiger partial charge in [0.25, 0.3) is 0 Å². The van der Waals surface area contributed by atoms with Gasteiger partial charge >= 0.3 is 0 Å². The lowest BCUT2D eigenvalue weighted by Gasteiger charge is -2.12. The Morgan fingerprint density at radius 3 is 2.72 bits per heavy atom. The molecule has 0 spiro atoms. The maximum Gasteiger partial charge on any atom is 0.242 e. The van der Waals surface area contributed by atoms with Crippen LogP contribution in [-0.2, 0) is 14.8 Å². The van der Waals surface area contributed by atoms with E-state index in [4.69, 9.17) is 4.74 Å². The van der Waals surface area contributed by atoms with Crippen LogP contribution in [0.3, 0.4) is 0 Å². The lowest BCUT2D eigenvalue weighted by molar-refractivity contribution is 0.210. The Bertz CT molecular complexity index is 498. The van der Waals surface area contributed by atoms with Crippen LogP contribution < -0.4 is 10.0 Å². The third-order valence-electron chi connectivity index (χ3n) is 2.70. The number of rotatable bonds is 7. The number of hydrogen-bond acceptors (Lipinski definition) is 4. The SMILES string of the molecule is COCCNc1ccccc1S(=O)(=O)NC1CC1. The summed E-state index contributed by atoms with van der Waals surface area (Å²) in [4.78, 5) is 0.299. The molecule has 0 radical (unpaired) electrons. The van der Waals surface area contributed by atoms with Crippen LogP contribution in [0, 0.1) is 0 Å². The molecule has 18 heavy (non-hydrogen) atoms. The minimum Gasteiger partial charge on any atom is -0.383 e. The second-order valence-electron chi connectivity index (χ2n) is 4.31. The smallest absolute Gasteiger partial charge is 0.242 e. The van der Waals surface area contributed by atoms with Crippen molar-refractivity contribution >= 4 is 15.7 Å². The van der Waals surface area contributed by atoms with Crippen LogP contribution in [0.1, 0.15) is 12.8 Å². The number of methoxy groups -OCH3 is 1. The highest BCUT2D eigenvalue weighted by Gasteiger charge is 2.29. The summed E-state index contributed by atoms with van der Waals surface area (Å²) in [5.74, 6) is 0. The number of benzene rings is 1. The van der Waals surface area contributed by atoms with Crippen molar-refractivity contribution in [2.24, 2.45) is 0 Å². The fourth-order valence-electron chi connectivity index (χ4n) is 1.62. The first kappa shape index (κ1) is 13.3. The molecule has 1 aliphatic carbocycles. The van der Waals surface area contributed by atoms with Crippen molar-refractivity contribution in [2.75, 3.05) is 25.6 Å². The fraction of sp³-hybridized carbons (Fsp3) is 0.500. The predicted molar refractivity (Wildman–Crippen MR) is 70.2 cm³/mol. The summed E-state index contributed by atoms with van der Waals surface area (Å²) in [5.41, 5.74) is 0.614. The van der Waals surface area contributed by atoms with Gasteiger partial charge in [0, 0.05) is 19.7 Å². The van der Waals surface area contributed by atoms with Gasteiger partial charge in [0.2, 0.25) is 10.0 Å². The molecule has 0 aliphatic heterocycles. The average molecular weight is 270 g/mol. The molecule has 6 heteroatoms. The molecule has 2 N–H and O–H groups in total. The van der Waals surface area contributed by atoms with Crippen molar-refractivity contribution in [1.82, 2.24) is 4.72 Å². The Balaban J connectivity index is 2.15. The number of nitrogens with one attached hydrogen (secondary N) is 2. The molecular formula is C12H18N2O3S. The molecule has 0 bridgehead atoms. The van der Waals surface area contributed by atoms with Crippen molar-refractivity contribution < 1.29 is 13.2 Å². The second-order valence-corrected chi connectivity index (χ2v) is 5.99. The minimum absolute atomic E-state index is 0.113. The van der Waals surface area contributed by atoms with Crippen molar-refractivity contribution in [3.05, 3.63) is 24.3 Å². The maximum atomic E-state index is 12.2. The lowest BCUT2D eigenvalue weighted by atomic mass is 10.3. The van der Waals surface area contributed by atoms with Crippen molar-refractivity contribution in [3.8, 4) is 0 Å². The molecule has 1 fully saturated rings. The second kappa shape index (κ2) is 5.69. The van der Waals surface area contributed by atoms with Gasteiger partial charge in [-0.25, -0.2) is 13.1 Å². The zero-order valence-electron chi connectivity index (χ0n) is 10.3. The third-order valence-corrected chi connectivity index (χ3v) is 4.28. The quantitative estimate of drug-likeness (QED) is 0.730. The molecule has 1 aromatic carbocycles. The Hall–Kier alpha value is -1.11. The van der Waals surface area contributed by atoms with Crippen LogP contribution in [0.5, 0.6) is 0 Å². The molecule has 5 nitrogen and oxygen atoms in total. The first-order chi connectivity index (χ1) is 8.63. The summed E-state index contributed by atoms with van der Waals surface area (Å²) >= 11 is 0. The Kier molecular flexibility index (Phi) is 4.21. The zero-order chi connectivity index (χ0) is 13.0. The molecule has 0 heterocycles. The summed E-state index contributed by atoms with van der Waals surface area (Å²) < 4.78 is 31.9. The number of hydrogen-bond donors (Lipinski definition) is 2. The number of anilines is 1. The topological polar surface area (TPSA) is 67.4 Å². The van der Waals surface area contributed by atoms with Gasteiger partial charge < -0.3 is 10.1 Å². The van der Waals surface area contributed by atoms with Gasteiger partial charge in [-0.05, 0) is 25.0 Å². The van der Waals surface area contributed by atoms with Gasteiger partial charge in [0.15, 0.2) is 0 Å². The van der Waals surface area contributed by atoms with E-state index in [1.54, 1.807) is 25.3 Å². The van der Waals surface area contributed by atoms with Crippen molar-refractivity contribution in [3.63, 3.8) is 0 Å². The highest BCUT2D eigenvalue weighted by molar-refractivity contribution is 7.89. The van der Waals surface area contributed by atoms with E-state index in [9.17, 15) is 8.42 Å². The summed E-state index contributed by atoms with van der Waals surface area (Å²) in [6.07, 6.45) is 1.86. The molecule has 0 unspecified atom stereocenters. The fourth-order valence-corrected chi connectivity index (χ4v) is 3.11. The van der Waals surface area contributed by atoms with Crippen LogP contribution in [0.15, 0.2) is 29.2 Å². The summed E-state index contributed by atoms with van der Waals surface area (Å²) in [6, 6.07) is 7.02. The molecule has 0 aromatic heterocycles. The molecule has 100 valence electrons. The average Bonchev–Trinajstić information content (AvgIpc) is 3.13. The van der Waals surface area contributed by atoms with Gasteiger partial charge in [0.1, 0.15) is 4.90 Å².